The molecule has 0 radical (unpaired) electrons. The molecule has 0 aliphatic carbocycles. The maximum absolute atomic E-state index is 9.99. The predicted octanol–water partition coefficient (Wildman–Crippen LogP) is 2.48. The Bertz CT molecular complexity index is 545. The van der Waals surface area contributed by atoms with Crippen LogP contribution in [0.1, 0.15) is 24.1 Å². The van der Waals surface area contributed by atoms with E-state index in [0.29, 0.717) is 6.54 Å². The Balaban J connectivity index is 1.75. The lowest BCUT2D eigenvalue weighted by atomic mass is 10.1. The van der Waals surface area contributed by atoms with Gasteiger partial charge >= 0.3 is 0 Å². The molecule has 2 rings (SSSR count). The smallest absolute Gasteiger partial charge is 0.122 e. The fourth-order valence-corrected chi connectivity index (χ4v) is 2.03. The number of hydrogen-bond donors (Lipinski definition) is 2. The maximum atomic E-state index is 9.99. The first-order valence-corrected chi connectivity index (χ1v) is 7.16. The Morgan fingerprint density at radius 2 is 2.05 bits per heavy atom. The molecule has 4 heteroatoms. The molecule has 0 saturated heterocycles. The first-order chi connectivity index (χ1) is 10.2. The molecule has 2 N–H and O–H groups in total. The van der Waals surface area contributed by atoms with Gasteiger partial charge in [-0.05, 0) is 37.1 Å². The van der Waals surface area contributed by atoms with Crippen molar-refractivity contribution < 1.29 is 9.84 Å². The van der Waals surface area contributed by atoms with Gasteiger partial charge in [0.25, 0.3) is 0 Å². The van der Waals surface area contributed by atoms with Crippen molar-refractivity contribution in [1.29, 1.82) is 0 Å². The van der Waals surface area contributed by atoms with Gasteiger partial charge in [-0.2, -0.15) is 0 Å². The summed E-state index contributed by atoms with van der Waals surface area (Å²) in [6, 6.07) is 11.9. The summed E-state index contributed by atoms with van der Waals surface area (Å²) in [4.78, 5) is 4.09. The third-order valence-corrected chi connectivity index (χ3v) is 3.37. The van der Waals surface area contributed by atoms with E-state index in [-0.39, 0.29) is 12.6 Å². The Morgan fingerprint density at radius 1 is 1.24 bits per heavy atom. The summed E-state index contributed by atoms with van der Waals surface area (Å²) in [5.74, 6) is 0.817. The molecule has 1 aromatic heterocycles. The molecule has 0 fully saturated rings. The third kappa shape index (κ3) is 4.85. The molecule has 2 aromatic rings. The highest BCUT2D eigenvalue weighted by atomic mass is 16.5. The molecule has 0 bridgehead atoms. The van der Waals surface area contributed by atoms with Crippen molar-refractivity contribution in [3.63, 3.8) is 0 Å². The highest BCUT2D eigenvalue weighted by Crippen LogP contribution is 2.16. The number of aliphatic hydroxyl groups excluding tert-OH is 1. The van der Waals surface area contributed by atoms with Crippen molar-refractivity contribution in [2.24, 2.45) is 0 Å². The van der Waals surface area contributed by atoms with Crippen LogP contribution >= 0.6 is 0 Å². The number of aromatic nitrogens is 1. The van der Waals surface area contributed by atoms with Crippen molar-refractivity contribution in [2.45, 2.75) is 26.0 Å². The number of rotatable bonds is 7. The molecule has 0 aliphatic heterocycles. The summed E-state index contributed by atoms with van der Waals surface area (Å²) >= 11 is 0. The zero-order valence-corrected chi connectivity index (χ0v) is 12.5. The minimum absolute atomic E-state index is 0.145. The Kier molecular flexibility index (Phi) is 5.72. The van der Waals surface area contributed by atoms with Gasteiger partial charge in [0.15, 0.2) is 0 Å². The molecule has 0 amide bonds. The molecular formula is C17H22N2O2. The standard InChI is InChI=1S/C17H22N2O2/c1-13-6-3-4-8-17(13)21-12-16(20)11-19-14(2)15-7-5-9-18-10-15/h3-10,14,16,19-20H,11-12H2,1-2H3/t14-,16?/m1/s1. The molecule has 1 heterocycles. The molecule has 112 valence electrons. The average molecular weight is 286 g/mol. The highest BCUT2D eigenvalue weighted by Gasteiger charge is 2.10. The second-order valence-electron chi connectivity index (χ2n) is 5.15. The minimum Gasteiger partial charge on any atom is -0.491 e. The van der Waals surface area contributed by atoms with Gasteiger partial charge in [-0.25, -0.2) is 0 Å². The number of para-hydroxylation sites is 1. The first kappa shape index (κ1) is 15.5. The predicted molar refractivity (Wildman–Crippen MR) is 83.3 cm³/mol. The summed E-state index contributed by atoms with van der Waals surface area (Å²) in [6.07, 6.45) is 3.03. The molecule has 4 nitrogen and oxygen atoms in total. The highest BCUT2D eigenvalue weighted by molar-refractivity contribution is 5.31. The molecule has 2 atom stereocenters. The number of nitrogens with one attached hydrogen (secondary N) is 1. The molecule has 0 spiro atoms. The zero-order valence-electron chi connectivity index (χ0n) is 12.5. The van der Waals surface area contributed by atoms with Gasteiger partial charge in [0, 0.05) is 25.0 Å². The number of ether oxygens (including phenoxy) is 1. The fourth-order valence-electron chi connectivity index (χ4n) is 2.03. The summed E-state index contributed by atoms with van der Waals surface area (Å²) in [5.41, 5.74) is 2.17. The van der Waals surface area contributed by atoms with Gasteiger partial charge in [-0.15, -0.1) is 0 Å². The van der Waals surface area contributed by atoms with Crippen LogP contribution in [0.4, 0.5) is 0 Å². The number of benzene rings is 1. The van der Waals surface area contributed by atoms with Gasteiger partial charge in [-0.3, -0.25) is 4.98 Å². The lowest BCUT2D eigenvalue weighted by Gasteiger charge is -2.18. The van der Waals surface area contributed by atoms with Crippen LogP contribution in [0, 0.1) is 6.92 Å². The molecule has 21 heavy (non-hydrogen) atoms. The van der Waals surface area contributed by atoms with E-state index < -0.39 is 6.10 Å². The van der Waals surface area contributed by atoms with E-state index in [2.05, 4.69) is 10.3 Å². The van der Waals surface area contributed by atoms with Crippen LogP contribution in [0.15, 0.2) is 48.8 Å². The minimum atomic E-state index is -0.552. The lowest BCUT2D eigenvalue weighted by Crippen LogP contribution is -2.33. The topological polar surface area (TPSA) is 54.4 Å². The van der Waals surface area contributed by atoms with Crippen molar-refractivity contribution in [2.75, 3.05) is 13.2 Å². The lowest BCUT2D eigenvalue weighted by molar-refractivity contribution is 0.104. The van der Waals surface area contributed by atoms with Crippen LogP contribution in [0.3, 0.4) is 0 Å². The van der Waals surface area contributed by atoms with E-state index in [0.717, 1.165) is 16.9 Å². The fraction of sp³-hybridized carbons (Fsp3) is 0.353. The van der Waals surface area contributed by atoms with Crippen molar-refractivity contribution in [3.8, 4) is 5.75 Å². The third-order valence-electron chi connectivity index (χ3n) is 3.37. The number of hydrogen-bond acceptors (Lipinski definition) is 4. The Hall–Kier alpha value is -1.91. The van der Waals surface area contributed by atoms with Crippen LogP contribution in [0.5, 0.6) is 5.75 Å². The van der Waals surface area contributed by atoms with E-state index in [9.17, 15) is 5.11 Å². The van der Waals surface area contributed by atoms with Crippen molar-refractivity contribution in [1.82, 2.24) is 10.3 Å². The van der Waals surface area contributed by atoms with Crippen molar-refractivity contribution in [3.05, 3.63) is 59.9 Å². The summed E-state index contributed by atoms with van der Waals surface area (Å²) in [6.45, 7) is 4.79. The molecule has 1 aromatic carbocycles. The quantitative estimate of drug-likeness (QED) is 0.821. The van der Waals surface area contributed by atoms with Crippen LogP contribution in [-0.4, -0.2) is 29.3 Å². The van der Waals surface area contributed by atoms with E-state index in [1.165, 1.54) is 0 Å². The van der Waals surface area contributed by atoms with Crippen LogP contribution in [-0.2, 0) is 0 Å². The second-order valence-corrected chi connectivity index (χ2v) is 5.15. The average Bonchev–Trinajstić information content (AvgIpc) is 2.52. The Labute approximate surface area is 125 Å². The first-order valence-electron chi connectivity index (χ1n) is 7.16. The molecule has 1 unspecified atom stereocenters. The van der Waals surface area contributed by atoms with Crippen LogP contribution < -0.4 is 10.1 Å². The van der Waals surface area contributed by atoms with E-state index in [1.807, 2.05) is 56.4 Å². The summed E-state index contributed by atoms with van der Waals surface area (Å²) in [7, 11) is 0. The SMILES string of the molecule is Cc1ccccc1OCC(O)CN[C@H](C)c1cccnc1. The number of aliphatic hydroxyl groups is 1. The monoisotopic (exact) mass is 286 g/mol. The maximum Gasteiger partial charge on any atom is 0.122 e. The summed E-state index contributed by atoms with van der Waals surface area (Å²) in [5, 5.41) is 13.3. The van der Waals surface area contributed by atoms with Gasteiger partial charge in [0.2, 0.25) is 0 Å². The van der Waals surface area contributed by atoms with Gasteiger partial charge < -0.3 is 15.2 Å². The van der Waals surface area contributed by atoms with Gasteiger partial charge in [-0.1, -0.05) is 24.3 Å². The van der Waals surface area contributed by atoms with Crippen molar-refractivity contribution >= 4 is 0 Å². The normalized spacial score (nSPS) is 13.7. The molecule has 0 aliphatic rings. The van der Waals surface area contributed by atoms with Crippen LogP contribution in [0.25, 0.3) is 0 Å². The second kappa shape index (κ2) is 7.76. The molecular weight excluding hydrogens is 264 g/mol. The zero-order chi connectivity index (χ0) is 15.1. The van der Waals surface area contributed by atoms with Gasteiger partial charge in [0.1, 0.15) is 18.5 Å². The number of aryl methyl sites for hydroxylation is 1. The van der Waals surface area contributed by atoms with Gasteiger partial charge in [0.05, 0.1) is 0 Å². The number of nitrogens with zero attached hydrogens (tertiary/aromatic N) is 1. The Morgan fingerprint density at radius 3 is 2.76 bits per heavy atom. The number of pyridine rings is 1. The molecule has 0 saturated carbocycles. The van der Waals surface area contributed by atoms with E-state index >= 15 is 0 Å². The summed E-state index contributed by atoms with van der Waals surface area (Å²) < 4.78 is 5.63. The van der Waals surface area contributed by atoms with E-state index in [1.54, 1.807) is 6.20 Å². The van der Waals surface area contributed by atoms with Crippen LogP contribution in [0.2, 0.25) is 0 Å². The largest absolute Gasteiger partial charge is 0.491 e. The van der Waals surface area contributed by atoms with E-state index in [4.69, 9.17) is 4.74 Å².